The van der Waals surface area contributed by atoms with Crippen molar-refractivity contribution in [1.29, 1.82) is 0 Å². The standard InChI is InChI=1S/C16H24F3N3O2.HI/c1-4-20-15(22-11(2)3)21-9-13(23)10-24-14-7-5-6-12(8-14)16(17,18)19;/h5-8,11,13,23H,4,9-10H2,1-3H3,(H2,20,21,22);1H. The van der Waals surface area contributed by atoms with E-state index in [9.17, 15) is 18.3 Å². The predicted molar refractivity (Wildman–Crippen MR) is 103 cm³/mol. The molecule has 0 heterocycles. The average molecular weight is 475 g/mol. The van der Waals surface area contributed by atoms with Crippen LogP contribution in [0.3, 0.4) is 0 Å². The maximum atomic E-state index is 12.6. The highest BCUT2D eigenvalue weighted by Gasteiger charge is 2.30. The van der Waals surface area contributed by atoms with E-state index < -0.39 is 17.8 Å². The molecule has 0 aliphatic rings. The number of hydrogen-bond donors (Lipinski definition) is 3. The van der Waals surface area contributed by atoms with Crippen LogP contribution in [0, 0.1) is 0 Å². The summed E-state index contributed by atoms with van der Waals surface area (Å²) in [6.45, 7) is 6.44. The molecule has 1 atom stereocenters. The Morgan fingerprint density at radius 1 is 1.32 bits per heavy atom. The minimum Gasteiger partial charge on any atom is -0.491 e. The van der Waals surface area contributed by atoms with Gasteiger partial charge < -0.3 is 20.5 Å². The molecular weight excluding hydrogens is 450 g/mol. The van der Waals surface area contributed by atoms with Gasteiger partial charge in [0.15, 0.2) is 5.96 Å². The second-order valence-electron chi connectivity index (χ2n) is 5.51. The molecule has 0 saturated carbocycles. The van der Waals surface area contributed by atoms with Crippen molar-refractivity contribution in [3.05, 3.63) is 29.8 Å². The van der Waals surface area contributed by atoms with E-state index in [-0.39, 0.29) is 48.9 Å². The van der Waals surface area contributed by atoms with Crippen LogP contribution < -0.4 is 15.4 Å². The number of nitrogens with one attached hydrogen (secondary N) is 2. The summed E-state index contributed by atoms with van der Waals surface area (Å²) >= 11 is 0. The highest BCUT2D eigenvalue weighted by Crippen LogP contribution is 2.31. The van der Waals surface area contributed by atoms with Crippen LogP contribution in [0.1, 0.15) is 26.3 Å². The second kappa shape index (κ2) is 11.4. The molecule has 3 N–H and O–H groups in total. The van der Waals surface area contributed by atoms with Gasteiger partial charge in [-0.15, -0.1) is 24.0 Å². The summed E-state index contributed by atoms with van der Waals surface area (Å²) in [4.78, 5) is 4.21. The van der Waals surface area contributed by atoms with Gasteiger partial charge in [-0.25, -0.2) is 0 Å². The summed E-state index contributed by atoms with van der Waals surface area (Å²) in [5, 5.41) is 16.0. The number of rotatable bonds is 7. The fraction of sp³-hybridized carbons (Fsp3) is 0.562. The van der Waals surface area contributed by atoms with Gasteiger partial charge in [0.25, 0.3) is 0 Å². The lowest BCUT2D eigenvalue weighted by molar-refractivity contribution is -0.137. The zero-order valence-corrected chi connectivity index (χ0v) is 16.8. The van der Waals surface area contributed by atoms with E-state index >= 15 is 0 Å². The summed E-state index contributed by atoms with van der Waals surface area (Å²) in [7, 11) is 0. The molecule has 0 bridgehead atoms. The van der Waals surface area contributed by atoms with Crippen molar-refractivity contribution in [1.82, 2.24) is 10.6 Å². The lowest BCUT2D eigenvalue weighted by atomic mass is 10.2. The quantitative estimate of drug-likeness (QED) is 0.323. The maximum Gasteiger partial charge on any atom is 0.416 e. The zero-order valence-electron chi connectivity index (χ0n) is 14.4. The van der Waals surface area contributed by atoms with E-state index in [1.807, 2.05) is 20.8 Å². The fourth-order valence-electron chi connectivity index (χ4n) is 1.80. The molecule has 1 rings (SSSR count). The number of halogens is 4. The Kier molecular flexibility index (Phi) is 10.8. The van der Waals surface area contributed by atoms with Crippen LogP contribution in [0.5, 0.6) is 5.75 Å². The zero-order chi connectivity index (χ0) is 18.2. The third-order valence-corrected chi connectivity index (χ3v) is 2.83. The highest BCUT2D eigenvalue weighted by molar-refractivity contribution is 14.0. The van der Waals surface area contributed by atoms with Crippen LogP contribution in [0.4, 0.5) is 13.2 Å². The smallest absolute Gasteiger partial charge is 0.416 e. The molecule has 0 spiro atoms. The van der Waals surface area contributed by atoms with E-state index in [0.29, 0.717) is 12.5 Å². The Balaban J connectivity index is 0.00000576. The Bertz CT molecular complexity index is 540. The maximum absolute atomic E-state index is 12.6. The van der Waals surface area contributed by atoms with Crippen molar-refractivity contribution >= 4 is 29.9 Å². The number of benzene rings is 1. The van der Waals surface area contributed by atoms with E-state index in [2.05, 4.69) is 15.6 Å². The Morgan fingerprint density at radius 2 is 2.00 bits per heavy atom. The van der Waals surface area contributed by atoms with Crippen molar-refractivity contribution < 1.29 is 23.0 Å². The number of hydrogen-bond acceptors (Lipinski definition) is 3. The summed E-state index contributed by atoms with van der Waals surface area (Å²) in [5.41, 5.74) is -0.789. The van der Waals surface area contributed by atoms with Gasteiger partial charge >= 0.3 is 6.18 Å². The average Bonchev–Trinajstić information content (AvgIpc) is 2.50. The Labute approximate surface area is 163 Å². The number of aliphatic hydroxyl groups excluding tert-OH is 1. The first kappa shape index (κ1) is 23.8. The minimum absolute atomic E-state index is 0. The molecule has 1 aromatic carbocycles. The normalized spacial score (nSPS) is 13.2. The Morgan fingerprint density at radius 3 is 2.56 bits per heavy atom. The first-order valence-electron chi connectivity index (χ1n) is 7.75. The Hall–Kier alpha value is -1.23. The predicted octanol–water partition coefficient (Wildman–Crippen LogP) is 3.03. The number of aliphatic hydroxyl groups is 1. The summed E-state index contributed by atoms with van der Waals surface area (Å²) in [6.07, 6.45) is -5.35. The molecule has 144 valence electrons. The van der Waals surface area contributed by atoms with Crippen LogP contribution in [0.2, 0.25) is 0 Å². The van der Waals surface area contributed by atoms with Gasteiger partial charge in [-0.2, -0.15) is 13.2 Å². The van der Waals surface area contributed by atoms with Crippen LogP contribution >= 0.6 is 24.0 Å². The molecule has 5 nitrogen and oxygen atoms in total. The molecule has 0 fully saturated rings. The minimum atomic E-state index is -4.43. The van der Waals surface area contributed by atoms with Gasteiger partial charge in [0, 0.05) is 12.6 Å². The first-order chi connectivity index (χ1) is 11.2. The lowest BCUT2D eigenvalue weighted by Gasteiger charge is -2.16. The first-order valence-corrected chi connectivity index (χ1v) is 7.75. The molecule has 0 aliphatic heterocycles. The number of nitrogens with zero attached hydrogens (tertiary/aromatic N) is 1. The number of alkyl halides is 3. The third kappa shape index (κ3) is 9.73. The third-order valence-electron chi connectivity index (χ3n) is 2.83. The SMILES string of the molecule is CCNC(=NCC(O)COc1cccc(C(F)(F)F)c1)NC(C)C.I. The van der Waals surface area contributed by atoms with Gasteiger partial charge in [-0.05, 0) is 39.0 Å². The topological polar surface area (TPSA) is 65.9 Å². The van der Waals surface area contributed by atoms with Crippen LogP contribution in [0.25, 0.3) is 0 Å². The molecule has 0 aliphatic carbocycles. The van der Waals surface area contributed by atoms with Gasteiger partial charge in [-0.3, -0.25) is 4.99 Å². The number of aliphatic imine (C=N–C) groups is 1. The van der Waals surface area contributed by atoms with E-state index in [0.717, 1.165) is 12.1 Å². The van der Waals surface area contributed by atoms with Crippen molar-refractivity contribution in [3.63, 3.8) is 0 Å². The van der Waals surface area contributed by atoms with Crippen molar-refractivity contribution in [2.75, 3.05) is 19.7 Å². The lowest BCUT2D eigenvalue weighted by Crippen LogP contribution is -2.41. The molecule has 0 amide bonds. The van der Waals surface area contributed by atoms with Crippen molar-refractivity contribution in [2.45, 2.75) is 39.1 Å². The molecular formula is C16H25F3IN3O2. The fourth-order valence-corrected chi connectivity index (χ4v) is 1.80. The summed E-state index contributed by atoms with van der Waals surface area (Å²) < 4.78 is 43.1. The molecule has 0 aromatic heterocycles. The molecule has 1 unspecified atom stereocenters. The van der Waals surface area contributed by atoms with E-state index in [1.54, 1.807) is 0 Å². The van der Waals surface area contributed by atoms with E-state index in [1.165, 1.54) is 12.1 Å². The molecule has 9 heteroatoms. The highest BCUT2D eigenvalue weighted by atomic mass is 127. The number of guanidine groups is 1. The second-order valence-corrected chi connectivity index (χ2v) is 5.51. The van der Waals surface area contributed by atoms with Gasteiger partial charge in [-0.1, -0.05) is 6.07 Å². The van der Waals surface area contributed by atoms with Crippen LogP contribution in [-0.4, -0.2) is 42.9 Å². The van der Waals surface area contributed by atoms with Gasteiger partial charge in [0.05, 0.1) is 12.1 Å². The van der Waals surface area contributed by atoms with E-state index in [4.69, 9.17) is 4.74 Å². The summed E-state index contributed by atoms with van der Waals surface area (Å²) in [5.74, 6) is 0.616. The molecule has 25 heavy (non-hydrogen) atoms. The van der Waals surface area contributed by atoms with Crippen LogP contribution in [-0.2, 0) is 6.18 Å². The van der Waals surface area contributed by atoms with Crippen molar-refractivity contribution in [3.8, 4) is 5.75 Å². The monoisotopic (exact) mass is 475 g/mol. The van der Waals surface area contributed by atoms with Gasteiger partial charge in [0.2, 0.25) is 0 Å². The molecule has 0 radical (unpaired) electrons. The largest absolute Gasteiger partial charge is 0.491 e. The van der Waals surface area contributed by atoms with Crippen LogP contribution in [0.15, 0.2) is 29.3 Å². The molecule has 1 aromatic rings. The molecule has 0 saturated heterocycles. The van der Waals surface area contributed by atoms with Gasteiger partial charge in [0.1, 0.15) is 18.5 Å². The number of ether oxygens (including phenoxy) is 1. The van der Waals surface area contributed by atoms with Crippen molar-refractivity contribution in [2.24, 2.45) is 4.99 Å². The summed E-state index contributed by atoms with van der Waals surface area (Å²) in [6, 6.07) is 4.73.